The van der Waals surface area contributed by atoms with E-state index in [4.69, 9.17) is 10.2 Å². The molecule has 0 saturated carbocycles. The van der Waals surface area contributed by atoms with E-state index in [1.54, 1.807) is 4.90 Å². The fourth-order valence-corrected chi connectivity index (χ4v) is 11.6. The first-order chi connectivity index (χ1) is 23.7. The first-order valence-electron chi connectivity index (χ1n) is 17.4. The summed E-state index contributed by atoms with van der Waals surface area (Å²) in [7, 11) is -2.79. The Morgan fingerprint density at radius 1 is 0.735 bits per heavy atom. The van der Waals surface area contributed by atoms with Crippen molar-refractivity contribution in [3.8, 4) is 5.75 Å². The summed E-state index contributed by atoms with van der Waals surface area (Å²) in [6.07, 6.45) is 2.60. The zero-order valence-electron chi connectivity index (χ0n) is 28.8. The number of carbonyl (C=O) groups excluding carboxylic acids is 2. The quantitative estimate of drug-likeness (QED) is 0.120. The number of benzene rings is 5. The lowest BCUT2D eigenvalue weighted by atomic mass is 9.96. The SMILES string of the molecule is CC(C)(C)[Si](Oc1ccc(CN2C(=O)[C@H](Cc3ccc4ccccc4c3)NC(=O)[C@@H]2CCCCN)cc1)(c1ccccc1)c1ccccc1. The Labute approximate surface area is 291 Å². The van der Waals surface area contributed by atoms with Crippen molar-refractivity contribution in [2.45, 2.75) is 70.1 Å². The fraction of sp³-hybridized carbons (Fsp3) is 0.286. The van der Waals surface area contributed by atoms with Crippen molar-refractivity contribution < 1.29 is 14.0 Å². The molecule has 0 spiro atoms. The molecule has 252 valence electrons. The van der Waals surface area contributed by atoms with Gasteiger partial charge < -0.3 is 20.4 Å². The van der Waals surface area contributed by atoms with Crippen molar-refractivity contribution in [3.63, 3.8) is 0 Å². The van der Waals surface area contributed by atoms with Crippen LogP contribution in [-0.2, 0) is 22.6 Å². The Kier molecular flexibility index (Phi) is 10.3. The molecular formula is C42H47N3O3Si. The molecule has 1 fully saturated rings. The fourth-order valence-electron chi connectivity index (χ4n) is 7.21. The van der Waals surface area contributed by atoms with E-state index >= 15 is 0 Å². The largest absolute Gasteiger partial charge is 0.534 e. The van der Waals surface area contributed by atoms with Crippen LogP contribution in [0.5, 0.6) is 5.75 Å². The van der Waals surface area contributed by atoms with Gasteiger partial charge in [-0.15, -0.1) is 0 Å². The predicted molar refractivity (Wildman–Crippen MR) is 202 cm³/mol. The Hall–Kier alpha value is -4.72. The van der Waals surface area contributed by atoms with E-state index in [0.717, 1.165) is 40.5 Å². The summed E-state index contributed by atoms with van der Waals surface area (Å²) in [5, 5.41) is 7.57. The van der Waals surface area contributed by atoms with Crippen LogP contribution < -0.4 is 25.8 Å². The highest BCUT2D eigenvalue weighted by molar-refractivity contribution is 7.00. The van der Waals surface area contributed by atoms with Gasteiger partial charge in [0, 0.05) is 13.0 Å². The number of carbonyl (C=O) groups is 2. The highest BCUT2D eigenvalue weighted by Crippen LogP contribution is 2.37. The maximum absolute atomic E-state index is 14.1. The molecule has 6 nitrogen and oxygen atoms in total. The molecule has 1 saturated heterocycles. The van der Waals surface area contributed by atoms with Gasteiger partial charge in [0.05, 0.1) is 0 Å². The van der Waals surface area contributed by atoms with E-state index in [0.29, 0.717) is 25.9 Å². The van der Waals surface area contributed by atoms with E-state index in [1.165, 1.54) is 10.4 Å². The van der Waals surface area contributed by atoms with E-state index < -0.39 is 20.4 Å². The second-order valence-electron chi connectivity index (χ2n) is 14.1. The molecule has 0 radical (unpaired) electrons. The maximum atomic E-state index is 14.1. The number of rotatable bonds is 12. The number of nitrogens with two attached hydrogens (primary N) is 1. The molecule has 1 heterocycles. The average molecular weight is 670 g/mol. The minimum atomic E-state index is -2.79. The minimum Gasteiger partial charge on any atom is -0.534 e. The molecule has 0 aromatic heterocycles. The van der Waals surface area contributed by atoms with Gasteiger partial charge >= 0.3 is 8.32 Å². The number of amides is 2. The summed E-state index contributed by atoms with van der Waals surface area (Å²) < 4.78 is 7.20. The van der Waals surface area contributed by atoms with Gasteiger partial charge in [0.2, 0.25) is 11.8 Å². The van der Waals surface area contributed by atoms with Crippen LogP contribution in [0.2, 0.25) is 5.04 Å². The molecular weight excluding hydrogens is 623 g/mol. The summed E-state index contributed by atoms with van der Waals surface area (Å²) in [6.45, 7) is 7.69. The smallest absolute Gasteiger partial charge is 0.319 e. The molecule has 6 rings (SSSR count). The summed E-state index contributed by atoms with van der Waals surface area (Å²) in [5.74, 6) is 0.627. The first kappa shape index (κ1) is 34.2. The van der Waals surface area contributed by atoms with Crippen molar-refractivity contribution in [3.05, 3.63) is 139 Å². The zero-order chi connectivity index (χ0) is 34.4. The molecule has 1 aliphatic rings. The van der Waals surface area contributed by atoms with Crippen molar-refractivity contribution in [2.24, 2.45) is 5.73 Å². The molecule has 3 N–H and O–H groups in total. The molecule has 49 heavy (non-hydrogen) atoms. The highest BCUT2D eigenvalue weighted by Gasteiger charge is 2.52. The van der Waals surface area contributed by atoms with E-state index in [1.807, 2.05) is 54.6 Å². The van der Waals surface area contributed by atoms with Gasteiger partial charge in [-0.25, -0.2) is 0 Å². The second kappa shape index (κ2) is 14.8. The van der Waals surface area contributed by atoms with E-state index in [2.05, 4.69) is 98.9 Å². The van der Waals surface area contributed by atoms with Crippen LogP contribution in [0.15, 0.2) is 127 Å². The molecule has 7 heteroatoms. The van der Waals surface area contributed by atoms with Gasteiger partial charge in [0.1, 0.15) is 17.8 Å². The van der Waals surface area contributed by atoms with E-state index in [9.17, 15) is 9.59 Å². The van der Waals surface area contributed by atoms with Gasteiger partial charge in [-0.3, -0.25) is 9.59 Å². The highest BCUT2D eigenvalue weighted by atomic mass is 28.4. The lowest BCUT2D eigenvalue weighted by Gasteiger charge is -2.43. The van der Waals surface area contributed by atoms with Crippen LogP contribution >= 0.6 is 0 Å². The number of fused-ring (bicyclic) bond motifs is 1. The van der Waals surface area contributed by atoms with Crippen LogP contribution in [0.1, 0.15) is 51.2 Å². The molecule has 0 bridgehead atoms. The summed E-state index contributed by atoms with van der Waals surface area (Å²) in [6, 6.07) is 42.5. The van der Waals surface area contributed by atoms with Crippen molar-refractivity contribution in [2.75, 3.05) is 6.54 Å². The summed E-state index contributed by atoms with van der Waals surface area (Å²) >= 11 is 0. The van der Waals surface area contributed by atoms with Crippen molar-refractivity contribution in [1.29, 1.82) is 0 Å². The third-order valence-electron chi connectivity index (χ3n) is 9.73. The molecule has 0 aliphatic carbocycles. The average Bonchev–Trinajstić information content (AvgIpc) is 3.11. The van der Waals surface area contributed by atoms with Gasteiger partial charge in [-0.2, -0.15) is 0 Å². The third kappa shape index (κ3) is 7.33. The zero-order valence-corrected chi connectivity index (χ0v) is 29.8. The number of nitrogens with zero attached hydrogens (tertiary/aromatic N) is 1. The lowest BCUT2D eigenvalue weighted by molar-refractivity contribution is -0.150. The molecule has 0 unspecified atom stereocenters. The number of hydrogen-bond acceptors (Lipinski definition) is 4. The maximum Gasteiger partial charge on any atom is 0.319 e. The van der Waals surface area contributed by atoms with E-state index in [-0.39, 0.29) is 16.9 Å². The lowest BCUT2D eigenvalue weighted by Crippen LogP contribution is -2.68. The van der Waals surface area contributed by atoms with Crippen molar-refractivity contribution in [1.82, 2.24) is 10.2 Å². The monoisotopic (exact) mass is 669 g/mol. The minimum absolute atomic E-state index is 0.0573. The van der Waals surface area contributed by atoms with Crippen LogP contribution in [-0.4, -0.2) is 43.7 Å². The first-order valence-corrected chi connectivity index (χ1v) is 19.3. The molecule has 2 amide bonds. The predicted octanol–water partition coefficient (Wildman–Crippen LogP) is 6.35. The van der Waals surface area contributed by atoms with Crippen LogP contribution in [0.3, 0.4) is 0 Å². The van der Waals surface area contributed by atoms with Gasteiger partial charge in [-0.1, -0.05) is 136 Å². The van der Waals surface area contributed by atoms with Crippen LogP contribution in [0.25, 0.3) is 10.8 Å². The molecule has 5 aromatic carbocycles. The Morgan fingerprint density at radius 2 is 1.33 bits per heavy atom. The molecule has 2 atom stereocenters. The van der Waals surface area contributed by atoms with Gasteiger partial charge in [-0.05, 0) is 75.3 Å². The Balaban J connectivity index is 1.27. The molecule has 5 aromatic rings. The third-order valence-corrected chi connectivity index (χ3v) is 14.7. The molecule has 1 aliphatic heterocycles. The topological polar surface area (TPSA) is 84.7 Å². The number of hydrogen-bond donors (Lipinski definition) is 2. The summed E-state index contributed by atoms with van der Waals surface area (Å²) in [5.41, 5.74) is 7.75. The Bertz CT molecular complexity index is 1830. The van der Waals surface area contributed by atoms with Crippen LogP contribution in [0.4, 0.5) is 0 Å². The van der Waals surface area contributed by atoms with Crippen molar-refractivity contribution >= 4 is 41.3 Å². The number of piperazine rings is 1. The standard InChI is InChI=1S/C42H47N3O3Si/c1-42(2,3)49(36-16-6-4-7-17-36,37-18-8-5-9-19-37)48-35-25-22-31(23-26-35)30-45-39(20-12-13-27-43)40(46)44-38(41(45)47)29-32-21-24-33-14-10-11-15-34(33)28-32/h4-11,14-19,21-26,28,38-39H,12-13,20,27,29-30,43H2,1-3H3,(H,44,46)/t38-,39-/m0/s1. The normalized spacial score (nSPS) is 16.9. The summed E-state index contributed by atoms with van der Waals surface area (Å²) in [4.78, 5) is 29.5. The van der Waals surface area contributed by atoms with Gasteiger partial charge in [0.25, 0.3) is 0 Å². The van der Waals surface area contributed by atoms with Gasteiger partial charge in [0.15, 0.2) is 0 Å². The van der Waals surface area contributed by atoms with Crippen LogP contribution in [0, 0.1) is 0 Å². The Morgan fingerprint density at radius 3 is 1.94 bits per heavy atom. The second-order valence-corrected chi connectivity index (χ2v) is 18.3. The number of nitrogens with one attached hydrogen (secondary N) is 1. The number of unbranched alkanes of at least 4 members (excludes halogenated alkanes) is 1.